The monoisotopic (exact) mass is 417 g/mol. The van der Waals surface area contributed by atoms with E-state index in [1.807, 2.05) is 42.5 Å². The number of aromatic nitrogens is 1. The van der Waals surface area contributed by atoms with Crippen LogP contribution in [0.1, 0.15) is 20.8 Å². The highest BCUT2D eigenvalue weighted by Crippen LogP contribution is 2.35. The molecule has 2 aromatic heterocycles. The molecule has 0 saturated carbocycles. The maximum atomic E-state index is 12.8. The van der Waals surface area contributed by atoms with Gasteiger partial charge in [0.05, 0.1) is 11.4 Å². The van der Waals surface area contributed by atoms with E-state index in [0.717, 1.165) is 27.0 Å². The normalized spacial score (nSPS) is 12.3. The number of rotatable bonds is 4. The Morgan fingerprint density at radius 2 is 1.90 bits per heavy atom. The molecule has 30 heavy (non-hydrogen) atoms. The van der Waals surface area contributed by atoms with Crippen molar-refractivity contribution in [3.05, 3.63) is 70.6 Å². The number of anilines is 1. The molecular formula is C23H19N3O3S. The Morgan fingerprint density at radius 3 is 2.73 bits per heavy atom. The molecule has 150 valence electrons. The van der Waals surface area contributed by atoms with Gasteiger partial charge in [-0.1, -0.05) is 35.9 Å². The van der Waals surface area contributed by atoms with Gasteiger partial charge in [0.1, 0.15) is 9.71 Å². The zero-order valence-electron chi connectivity index (χ0n) is 16.3. The average molecular weight is 417 g/mol. The fourth-order valence-corrected chi connectivity index (χ4v) is 4.37. The van der Waals surface area contributed by atoms with Gasteiger partial charge in [0.15, 0.2) is 11.5 Å². The van der Waals surface area contributed by atoms with Crippen LogP contribution in [0.25, 0.3) is 21.5 Å². The first-order valence-electron chi connectivity index (χ1n) is 9.51. The van der Waals surface area contributed by atoms with E-state index in [1.54, 1.807) is 0 Å². The van der Waals surface area contributed by atoms with E-state index >= 15 is 0 Å². The van der Waals surface area contributed by atoms with Gasteiger partial charge in [-0.2, -0.15) is 0 Å². The molecule has 0 radical (unpaired) electrons. The molecule has 0 saturated heterocycles. The molecule has 3 N–H and O–H groups in total. The minimum absolute atomic E-state index is 0.218. The molecule has 6 nitrogen and oxygen atoms in total. The van der Waals surface area contributed by atoms with E-state index in [2.05, 4.69) is 24.4 Å². The predicted molar refractivity (Wildman–Crippen MR) is 118 cm³/mol. The van der Waals surface area contributed by atoms with Crippen LogP contribution in [0.3, 0.4) is 0 Å². The number of hydrogen-bond acceptors (Lipinski definition) is 6. The molecule has 1 aliphatic heterocycles. The van der Waals surface area contributed by atoms with Crippen molar-refractivity contribution in [3.8, 4) is 22.8 Å². The number of benzene rings is 2. The number of nitrogens with two attached hydrogens (primary N) is 1. The van der Waals surface area contributed by atoms with Crippen LogP contribution in [-0.2, 0) is 6.54 Å². The van der Waals surface area contributed by atoms with Crippen LogP contribution in [0.5, 0.6) is 11.5 Å². The van der Waals surface area contributed by atoms with E-state index in [9.17, 15) is 4.79 Å². The largest absolute Gasteiger partial charge is 0.454 e. The number of pyridine rings is 1. The van der Waals surface area contributed by atoms with Crippen molar-refractivity contribution in [1.82, 2.24) is 10.3 Å². The lowest BCUT2D eigenvalue weighted by Gasteiger charge is -2.05. The van der Waals surface area contributed by atoms with Crippen molar-refractivity contribution >= 4 is 33.1 Å². The third kappa shape index (κ3) is 3.33. The Hall–Kier alpha value is -3.58. The lowest BCUT2D eigenvalue weighted by atomic mass is 10.1. The van der Waals surface area contributed by atoms with Crippen LogP contribution in [-0.4, -0.2) is 17.7 Å². The number of aryl methyl sites for hydroxylation is 1. The molecule has 5 rings (SSSR count). The fraction of sp³-hybridized carbons (Fsp3) is 0.130. The third-order valence-electron chi connectivity index (χ3n) is 5.04. The average Bonchev–Trinajstić information content (AvgIpc) is 3.36. The number of nitrogens with zero attached hydrogens (tertiary/aromatic N) is 1. The number of hydrogen-bond donors (Lipinski definition) is 2. The van der Waals surface area contributed by atoms with E-state index in [0.29, 0.717) is 28.6 Å². The molecule has 1 amide bonds. The Balaban J connectivity index is 1.37. The number of nitrogens with one attached hydrogen (secondary N) is 1. The summed E-state index contributed by atoms with van der Waals surface area (Å²) in [4.78, 5) is 18.7. The summed E-state index contributed by atoms with van der Waals surface area (Å²) in [5.41, 5.74) is 10.7. The van der Waals surface area contributed by atoms with Crippen molar-refractivity contribution < 1.29 is 14.3 Å². The van der Waals surface area contributed by atoms with Crippen LogP contribution in [0, 0.1) is 6.92 Å². The predicted octanol–water partition coefficient (Wildman–Crippen LogP) is 4.51. The molecule has 2 aromatic carbocycles. The fourth-order valence-electron chi connectivity index (χ4n) is 3.36. The van der Waals surface area contributed by atoms with Gasteiger partial charge in [0, 0.05) is 17.5 Å². The van der Waals surface area contributed by atoms with E-state index in [1.165, 1.54) is 16.9 Å². The molecule has 0 atom stereocenters. The maximum Gasteiger partial charge on any atom is 0.263 e. The Kier molecular flexibility index (Phi) is 4.52. The molecule has 0 bridgehead atoms. The Labute approximate surface area is 177 Å². The summed E-state index contributed by atoms with van der Waals surface area (Å²) in [7, 11) is 0. The van der Waals surface area contributed by atoms with Gasteiger partial charge in [-0.25, -0.2) is 4.98 Å². The third-order valence-corrected chi connectivity index (χ3v) is 6.15. The molecule has 0 unspecified atom stereocenters. The second-order valence-electron chi connectivity index (χ2n) is 7.13. The number of ether oxygens (including phenoxy) is 2. The molecule has 0 spiro atoms. The number of nitrogen functional groups attached to an aromatic ring is 1. The lowest BCUT2D eigenvalue weighted by molar-refractivity contribution is 0.0955. The molecule has 7 heteroatoms. The second kappa shape index (κ2) is 7.35. The summed E-state index contributed by atoms with van der Waals surface area (Å²) in [5.74, 6) is 1.19. The smallest absolute Gasteiger partial charge is 0.263 e. The Bertz CT molecular complexity index is 1260. The highest BCUT2D eigenvalue weighted by Gasteiger charge is 2.18. The molecule has 3 heterocycles. The maximum absolute atomic E-state index is 12.8. The van der Waals surface area contributed by atoms with E-state index in [-0.39, 0.29) is 12.7 Å². The number of carbonyl (C=O) groups excluding carboxylic acids is 1. The minimum Gasteiger partial charge on any atom is -0.454 e. The summed E-state index contributed by atoms with van der Waals surface area (Å²) < 4.78 is 10.7. The number of amides is 1. The van der Waals surface area contributed by atoms with Gasteiger partial charge in [0.25, 0.3) is 5.91 Å². The molecular weight excluding hydrogens is 398 g/mol. The highest BCUT2D eigenvalue weighted by molar-refractivity contribution is 7.21. The van der Waals surface area contributed by atoms with Crippen molar-refractivity contribution in [2.75, 3.05) is 12.5 Å². The lowest BCUT2D eigenvalue weighted by Crippen LogP contribution is -2.22. The zero-order chi connectivity index (χ0) is 20.7. The minimum atomic E-state index is -0.218. The first-order valence-corrected chi connectivity index (χ1v) is 10.3. The summed E-state index contributed by atoms with van der Waals surface area (Å²) in [6, 6.07) is 17.7. The molecule has 0 aliphatic carbocycles. The van der Waals surface area contributed by atoms with Crippen LogP contribution < -0.4 is 20.5 Å². The quantitative estimate of drug-likeness (QED) is 0.510. The van der Waals surface area contributed by atoms with Gasteiger partial charge in [0.2, 0.25) is 6.79 Å². The Morgan fingerprint density at radius 1 is 1.10 bits per heavy atom. The first-order chi connectivity index (χ1) is 14.6. The highest BCUT2D eigenvalue weighted by atomic mass is 32.1. The van der Waals surface area contributed by atoms with Crippen molar-refractivity contribution in [2.45, 2.75) is 13.5 Å². The number of carbonyl (C=O) groups is 1. The van der Waals surface area contributed by atoms with Gasteiger partial charge in [-0.3, -0.25) is 4.79 Å². The van der Waals surface area contributed by atoms with Crippen molar-refractivity contribution in [1.29, 1.82) is 0 Å². The second-order valence-corrected chi connectivity index (χ2v) is 8.13. The standard InChI is InChI=1S/C23H19N3O3S/c1-13-2-5-15(6-3-13)17-8-7-16-20(24)21(30-23(16)26-17)22(27)25-11-14-4-9-18-19(10-14)29-12-28-18/h2-10H,11-12,24H2,1H3,(H,25,27). The van der Waals surface area contributed by atoms with Gasteiger partial charge in [-0.15, -0.1) is 11.3 Å². The topological polar surface area (TPSA) is 86.5 Å². The summed E-state index contributed by atoms with van der Waals surface area (Å²) in [6.45, 7) is 2.64. The van der Waals surface area contributed by atoms with Crippen LogP contribution in [0.15, 0.2) is 54.6 Å². The van der Waals surface area contributed by atoms with Gasteiger partial charge < -0.3 is 20.5 Å². The number of fused-ring (bicyclic) bond motifs is 2. The molecule has 0 fully saturated rings. The van der Waals surface area contributed by atoms with Crippen LogP contribution in [0.4, 0.5) is 5.69 Å². The van der Waals surface area contributed by atoms with Crippen LogP contribution >= 0.6 is 11.3 Å². The zero-order valence-corrected chi connectivity index (χ0v) is 17.1. The van der Waals surface area contributed by atoms with Gasteiger partial charge >= 0.3 is 0 Å². The first kappa shape index (κ1) is 18.4. The van der Waals surface area contributed by atoms with E-state index < -0.39 is 0 Å². The molecule has 1 aliphatic rings. The summed E-state index contributed by atoms with van der Waals surface area (Å²) in [5, 5.41) is 3.72. The summed E-state index contributed by atoms with van der Waals surface area (Å²) in [6.07, 6.45) is 0. The summed E-state index contributed by atoms with van der Waals surface area (Å²) >= 11 is 1.31. The van der Waals surface area contributed by atoms with E-state index in [4.69, 9.17) is 20.2 Å². The SMILES string of the molecule is Cc1ccc(-c2ccc3c(N)c(C(=O)NCc4ccc5c(c4)OCO5)sc3n2)cc1. The number of thiophene rings is 1. The van der Waals surface area contributed by atoms with Crippen LogP contribution in [0.2, 0.25) is 0 Å². The molecule has 4 aromatic rings. The van der Waals surface area contributed by atoms with Crippen molar-refractivity contribution in [3.63, 3.8) is 0 Å². The van der Waals surface area contributed by atoms with Gasteiger partial charge in [-0.05, 0) is 36.8 Å². The van der Waals surface area contributed by atoms with Crippen molar-refractivity contribution in [2.24, 2.45) is 0 Å².